The number of hydrogen-bond acceptors (Lipinski definition) is 4. The number of furan rings is 1. The first kappa shape index (κ1) is 11.9. The number of carboxylic acid groups (broad SMARTS) is 1. The minimum absolute atomic E-state index is 0.0870. The summed E-state index contributed by atoms with van der Waals surface area (Å²) in [6, 6.07) is 4.61. The lowest BCUT2D eigenvalue weighted by atomic mass is 10.3. The van der Waals surface area contributed by atoms with Crippen molar-refractivity contribution in [3.05, 3.63) is 38.9 Å². The smallest absolute Gasteiger partial charge is 0.348 e. The topological polar surface area (TPSA) is 79.5 Å². The van der Waals surface area contributed by atoms with E-state index >= 15 is 0 Å². The summed E-state index contributed by atoms with van der Waals surface area (Å²) in [4.78, 5) is 22.6. The molecule has 0 radical (unpaired) electrons. The predicted molar refractivity (Wildman–Crippen MR) is 65.6 cm³/mol. The third kappa shape index (κ3) is 2.56. The zero-order valence-corrected chi connectivity index (χ0v) is 10.7. The van der Waals surface area contributed by atoms with Gasteiger partial charge in [0.05, 0.1) is 5.69 Å². The van der Waals surface area contributed by atoms with Crippen molar-refractivity contribution in [2.75, 3.05) is 5.32 Å². The Bertz CT molecular complexity index is 574. The number of halogens is 1. The summed E-state index contributed by atoms with van der Waals surface area (Å²) in [5.74, 6) is -1.45. The normalized spacial score (nSPS) is 10.2. The van der Waals surface area contributed by atoms with E-state index in [4.69, 9.17) is 9.52 Å². The Labute approximate surface area is 108 Å². The number of aromatic carboxylic acids is 1. The molecule has 2 rings (SSSR count). The second kappa shape index (κ2) is 4.72. The zero-order chi connectivity index (χ0) is 12.4. The molecule has 0 atom stereocenters. The molecule has 0 aromatic carbocycles. The summed E-state index contributed by atoms with van der Waals surface area (Å²) in [6.45, 7) is 0. The predicted octanol–water partition coefficient (Wildman–Crippen LogP) is 3.05. The first-order valence-electron chi connectivity index (χ1n) is 4.45. The molecule has 17 heavy (non-hydrogen) atoms. The Morgan fingerprint density at radius 2 is 2.12 bits per heavy atom. The Hall–Kier alpha value is -1.60. The Morgan fingerprint density at radius 3 is 2.71 bits per heavy atom. The number of carbonyl (C=O) groups is 2. The Balaban J connectivity index is 2.18. The van der Waals surface area contributed by atoms with Gasteiger partial charge in [0.2, 0.25) is 0 Å². The molecular formula is C10H6BrNO4S. The van der Waals surface area contributed by atoms with E-state index in [-0.39, 0.29) is 16.3 Å². The average Bonchev–Trinajstić information content (AvgIpc) is 2.86. The second-order valence-electron chi connectivity index (χ2n) is 3.03. The van der Waals surface area contributed by atoms with Crippen molar-refractivity contribution < 1.29 is 19.1 Å². The van der Waals surface area contributed by atoms with Gasteiger partial charge < -0.3 is 14.8 Å². The number of hydrogen-bond donors (Lipinski definition) is 2. The minimum atomic E-state index is -1.07. The van der Waals surface area contributed by atoms with Crippen LogP contribution in [0.1, 0.15) is 20.2 Å². The molecule has 0 aliphatic rings. The van der Waals surface area contributed by atoms with Gasteiger partial charge in [0.15, 0.2) is 10.4 Å². The lowest BCUT2D eigenvalue weighted by molar-refractivity contribution is 0.0703. The van der Waals surface area contributed by atoms with E-state index in [1.807, 2.05) is 0 Å². The highest BCUT2D eigenvalue weighted by atomic mass is 79.9. The highest BCUT2D eigenvalue weighted by Gasteiger charge is 2.16. The summed E-state index contributed by atoms with van der Waals surface area (Å²) in [7, 11) is 0. The van der Waals surface area contributed by atoms with E-state index in [0.717, 1.165) is 11.3 Å². The summed E-state index contributed by atoms with van der Waals surface area (Å²) in [5, 5.41) is 12.9. The van der Waals surface area contributed by atoms with Crippen LogP contribution in [0.3, 0.4) is 0 Å². The first-order chi connectivity index (χ1) is 8.08. The highest BCUT2D eigenvalue weighted by molar-refractivity contribution is 9.10. The number of carbonyl (C=O) groups excluding carboxylic acids is 1. The fourth-order valence-electron chi connectivity index (χ4n) is 1.19. The number of nitrogens with one attached hydrogen (secondary N) is 1. The molecule has 0 saturated carbocycles. The summed E-state index contributed by atoms with van der Waals surface area (Å²) >= 11 is 4.12. The van der Waals surface area contributed by atoms with Crippen molar-refractivity contribution in [3.63, 3.8) is 0 Å². The number of carboxylic acids is 1. The van der Waals surface area contributed by atoms with Crippen LogP contribution in [-0.2, 0) is 0 Å². The van der Waals surface area contributed by atoms with E-state index in [2.05, 4.69) is 21.2 Å². The van der Waals surface area contributed by atoms with Crippen LogP contribution in [0, 0.1) is 0 Å². The third-order valence-electron chi connectivity index (χ3n) is 1.90. The van der Waals surface area contributed by atoms with Crippen LogP contribution >= 0.6 is 27.3 Å². The maximum Gasteiger partial charge on any atom is 0.348 e. The molecule has 0 unspecified atom stereocenters. The quantitative estimate of drug-likeness (QED) is 0.912. The Morgan fingerprint density at radius 1 is 1.35 bits per heavy atom. The van der Waals surface area contributed by atoms with Gasteiger partial charge in [-0.05, 0) is 39.5 Å². The van der Waals surface area contributed by atoms with Gasteiger partial charge in [-0.25, -0.2) is 4.79 Å². The van der Waals surface area contributed by atoms with Gasteiger partial charge >= 0.3 is 5.97 Å². The summed E-state index contributed by atoms with van der Waals surface area (Å²) < 4.78 is 5.49. The van der Waals surface area contributed by atoms with E-state index in [1.165, 1.54) is 12.1 Å². The third-order valence-corrected chi connectivity index (χ3v) is 3.23. The van der Waals surface area contributed by atoms with E-state index in [9.17, 15) is 9.59 Å². The molecule has 88 valence electrons. The van der Waals surface area contributed by atoms with Crippen molar-refractivity contribution in [1.82, 2.24) is 0 Å². The SMILES string of the molecule is O=C(Nc1ccsc1C(=O)O)c1ccc(Br)o1. The summed E-state index contributed by atoms with van der Waals surface area (Å²) in [5.41, 5.74) is 0.264. The second-order valence-corrected chi connectivity index (χ2v) is 4.72. The zero-order valence-electron chi connectivity index (χ0n) is 8.27. The van der Waals surface area contributed by atoms with E-state index in [1.54, 1.807) is 11.4 Å². The molecule has 7 heteroatoms. The maximum atomic E-state index is 11.7. The fraction of sp³-hybridized carbons (Fsp3) is 0. The van der Waals surface area contributed by atoms with Crippen LogP contribution in [0.15, 0.2) is 32.7 Å². The molecule has 0 fully saturated rings. The molecule has 0 bridgehead atoms. The maximum absolute atomic E-state index is 11.7. The molecule has 2 heterocycles. The lowest BCUT2D eigenvalue weighted by Gasteiger charge is -2.01. The van der Waals surface area contributed by atoms with Crippen LogP contribution < -0.4 is 5.32 Å². The van der Waals surface area contributed by atoms with Crippen molar-refractivity contribution in [1.29, 1.82) is 0 Å². The van der Waals surface area contributed by atoms with Gasteiger partial charge in [0.1, 0.15) is 4.88 Å². The molecule has 0 saturated heterocycles. The highest BCUT2D eigenvalue weighted by Crippen LogP contribution is 2.23. The number of rotatable bonds is 3. The van der Waals surface area contributed by atoms with Crippen LogP contribution in [0.5, 0.6) is 0 Å². The molecule has 5 nitrogen and oxygen atoms in total. The van der Waals surface area contributed by atoms with Gasteiger partial charge in [0, 0.05) is 0 Å². The first-order valence-corrected chi connectivity index (χ1v) is 6.12. The van der Waals surface area contributed by atoms with E-state index in [0.29, 0.717) is 4.67 Å². The van der Waals surface area contributed by atoms with Gasteiger partial charge in [-0.15, -0.1) is 11.3 Å². The van der Waals surface area contributed by atoms with Crippen LogP contribution in [0.2, 0.25) is 0 Å². The fourth-order valence-corrected chi connectivity index (χ4v) is 2.19. The number of amides is 1. The average molecular weight is 316 g/mol. The lowest BCUT2D eigenvalue weighted by Crippen LogP contribution is -2.12. The molecule has 2 N–H and O–H groups in total. The number of anilines is 1. The molecule has 2 aromatic heterocycles. The summed E-state index contributed by atoms with van der Waals surface area (Å²) in [6.07, 6.45) is 0. The van der Waals surface area contributed by atoms with Gasteiger partial charge in [-0.1, -0.05) is 0 Å². The molecule has 2 aromatic rings. The van der Waals surface area contributed by atoms with Crippen molar-refractivity contribution in [2.45, 2.75) is 0 Å². The largest absolute Gasteiger partial charge is 0.477 e. The Kier molecular flexibility index (Phi) is 3.30. The number of thiophene rings is 1. The van der Waals surface area contributed by atoms with Gasteiger partial charge in [-0.2, -0.15) is 0 Å². The molecule has 0 aliphatic carbocycles. The van der Waals surface area contributed by atoms with Crippen LogP contribution in [0.4, 0.5) is 5.69 Å². The molecule has 0 aliphatic heterocycles. The van der Waals surface area contributed by atoms with E-state index < -0.39 is 11.9 Å². The van der Waals surface area contributed by atoms with Crippen LogP contribution in [0.25, 0.3) is 0 Å². The molecule has 0 spiro atoms. The van der Waals surface area contributed by atoms with Crippen molar-refractivity contribution in [2.24, 2.45) is 0 Å². The van der Waals surface area contributed by atoms with Crippen molar-refractivity contribution in [3.8, 4) is 0 Å². The molecular weight excluding hydrogens is 310 g/mol. The molecule has 1 amide bonds. The standard InChI is InChI=1S/C10H6BrNO4S/c11-7-2-1-6(16-7)9(13)12-5-3-4-17-8(5)10(14)15/h1-4H,(H,12,13)(H,14,15). The van der Waals surface area contributed by atoms with Crippen molar-refractivity contribution >= 4 is 44.8 Å². The van der Waals surface area contributed by atoms with Gasteiger partial charge in [0.25, 0.3) is 5.91 Å². The minimum Gasteiger partial charge on any atom is -0.477 e. The van der Waals surface area contributed by atoms with Gasteiger partial charge in [-0.3, -0.25) is 4.79 Å². The monoisotopic (exact) mass is 315 g/mol. The van der Waals surface area contributed by atoms with Crippen LogP contribution in [-0.4, -0.2) is 17.0 Å².